The second-order valence-corrected chi connectivity index (χ2v) is 7.92. The Labute approximate surface area is 138 Å². The summed E-state index contributed by atoms with van der Waals surface area (Å²) in [5.74, 6) is 0.472. The van der Waals surface area contributed by atoms with Crippen molar-refractivity contribution in [1.29, 1.82) is 0 Å². The number of allylic oxidation sites excluding steroid dienone is 1. The Morgan fingerprint density at radius 3 is 2.48 bits per heavy atom. The standard InChI is InChI=1S/C17H24N2O3S/c1-3-4-5-17(20)18-15-6-8-16(9-7-15)23(21,22)19-12-10-14(2)11-13-19/h3,6-9,14H,1,4-5,10-13H2,2H3,(H,18,20). The number of nitrogens with zero attached hydrogens (tertiary/aromatic N) is 1. The average Bonchev–Trinajstić information content (AvgIpc) is 2.54. The Hall–Kier alpha value is -1.66. The van der Waals surface area contributed by atoms with Crippen LogP contribution in [0.2, 0.25) is 0 Å². The van der Waals surface area contributed by atoms with E-state index in [-0.39, 0.29) is 10.8 Å². The number of sulfonamides is 1. The summed E-state index contributed by atoms with van der Waals surface area (Å²) in [6.07, 6.45) is 4.48. The van der Waals surface area contributed by atoms with Crippen LogP contribution in [-0.2, 0) is 14.8 Å². The zero-order chi connectivity index (χ0) is 16.9. The van der Waals surface area contributed by atoms with Gasteiger partial charge in [0, 0.05) is 25.2 Å². The highest BCUT2D eigenvalue weighted by Crippen LogP contribution is 2.24. The first-order chi connectivity index (χ1) is 10.9. The Kier molecular flexibility index (Phi) is 5.96. The molecule has 1 fully saturated rings. The monoisotopic (exact) mass is 336 g/mol. The van der Waals surface area contributed by atoms with Gasteiger partial charge in [-0.05, 0) is 49.4 Å². The minimum absolute atomic E-state index is 0.106. The quantitative estimate of drug-likeness (QED) is 0.812. The molecule has 5 nitrogen and oxygen atoms in total. The molecule has 0 spiro atoms. The summed E-state index contributed by atoms with van der Waals surface area (Å²) in [4.78, 5) is 11.9. The van der Waals surface area contributed by atoms with E-state index in [9.17, 15) is 13.2 Å². The Morgan fingerprint density at radius 1 is 1.30 bits per heavy atom. The molecule has 1 heterocycles. The topological polar surface area (TPSA) is 66.5 Å². The van der Waals surface area contributed by atoms with E-state index in [2.05, 4.69) is 18.8 Å². The van der Waals surface area contributed by atoms with Crippen molar-refractivity contribution in [2.24, 2.45) is 5.92 Å². The largest absolute Gasteiger partial charge is 0.326 e. The van der Waals surface area contributed by atoms with Crippen molar-refractivity contribution in [3.05, 3.63) is 36.9 Å². The first-order valence-electron chi connectivity index (χ1n) is 7.94. The number of hydrogen-bond donors (Lipinski definition) is 1. The third kappa shape index (κ3) is 4.65. The summed E-state index contributed by atoms with van der Waals surface area (Å²) >= 11 is 0. The Bertz CT molecular complexity index is 645. The fourth-order valence-electron chi connectivity index (χ4n) is 2.54. The molecule has 0 radical (unpaired) electrons. The van der Waals surface area contributed by atoms with E-state index in [1.807, 2.05) is 0 Å². The number of nitrogens with one attached hydrogen (secondary N) is 1. The van der Waals surface area contributed by atoms with Crippen LogP contribution in [0.15, 0.2) is 41.8 Å². The summed E-state index contributed by atoms with van der Waals surface area (Å²) in [7, 11) is -3.44. The van der Waals surface area contributed by atoms with Crippen molar-refractivity contribution in [1.82, 2.24) is 4.31 Å². The van der Waals surface area contributed by atoms with Crippen LogP contribution in [0, 0.1) is 5.92 Å². The lowest BCUT2D eigenvalue weighted by Gasteiger charge is -2.29. The first kappa shape index (κ1) is 17.7. The van der Waals surface area contributed by atoms with Gasteiger partial charge in [0.15, 0.2) is 0 Å². The smallest absolute Gasteiger partial charge is 0.243 e. The van der Waals surface area contributed by atoms with E-state index >= 15 is 0 Å². The maximum absolute atomic E-state index is 12.6. The van der Waals surface area contributed by atoms with Crippen LogP contribution in [0.4, 0.5) is 5.69 Å². The predicted octanol–water partition coefficient (Wildman–Crippen LogP) is 3.01. The minimum Gasteiger partial charge on any atom is -0.326 e. The van der Waals surface area contributed by atoms with Gasteiger partial charge < -0.3 is 5.32 Å². The Morgan fingerprint density at radius 2 is 1.91 bits per heavy atom. The van der Waals surface area contributed by atoms with Crippen molar-refractivity contribution in [2.75, 3.05) is 18.4 Å². The third-order valence-corrected chi connectivity index (χ3v) is 6.01. The Balaban J connectivity index is 2.03. The predicted molar refractivity (Wildman–Crippen MR) is 91.7 cm³/mol. The average molecular weight is 336 g/mol. The van der Waals surface area contributed by atoms with E-state index in [1.165, 1.54) is 0 Å². The molecule has 0 unspecified atom stereocenters. The van der Waals surface area contributed by atoms with E-state index in [0.29, 0.717) is 37.5 Å². The van der Waals surface area contributed by atoms with Gasteiger partial charge in [-0.25, -0.2) is 8.42 Å². The van der Waals surface area contributed by atoms with Crippen molar-refractivity contribution >= 4 is 21.6 Å². The number of hydrogen-bond acceptors (Lipinski definition) is 3. The molecular weight excluding hydrogens is 312 g/mol. The van der Waals surface area contributed by atoms with Gasteiger partial charge in [0.05, 0.1) is 4.90 Å². The molecule has 1 aliphatic rings. The molecule has 1 amide bonds. The number of piperidine rings is 1. The van der Waals surface area contributed by atoms with Crippen LogP contribution in [0.1, 0.15) is 32.6 Å². The molecule has 1 aromatic rings. The first-order valence-corrected chi connectivity index (χ1v) is 9.38. The molecule has 6 heteroatoms. The summed E-state index contributed by atoms with van der Waals surface area (Å²) in [5.41, 5.74) is 0.602. The van der Waals surface area contributed by atoms with Gasteiger partial charge in [0.1, 0.15) is 0 Å². The number of rotatable bonds is 6. The highest BCUT2D eigenvalue weighted by Gasteiger charge is 2.27. The lowest BCUT2D eigenvalue weighted by atomic mass is 10.0. The summed E-state index contributed by atoms with van der Waals surface area (Å²) in [6.45, 7) is 6.87. The summed E-state index contributed by atoms with van der Waals surface area (Å²) < 4.78 is 26.7. The van der Waals surface area contributed by atoms with Crippen LogP contribution in [-0.4, -0.2) is 31.7 Å². The number of amides is 1. The molecule has 0 aliphatic carbocycles. The number of benzene rings is 1. The van der Waals surface area contributed by atoms with Crippen LogP contribution in [0.5, 0.6) is 0 Å². The molecule has 1 aromatic carbocycles. The fraction of sp³-hybridized carbons (Fsp3) is 0.471. The molecule has 0 atom stereocenters. The van der Waals surface area contributed by atoms with Crippen LogP contribution < -0.4 is 5.32 Å². The lowest BCUT2D eigenvalue weighted by molar-refractivity contribution is -0.116. The highest BCUT2D eigenvalue weighted by molar-refractivity contribution is 7.89. The van der Waals surface area contributed by atoms with E-state index in [0.717, 1.165) is 12.8 Å². The molecule has 0 aromatic heterocycles. The molecule has 0 saturated carbocycles. The molecule has 23 heavy (non-hydrogen) atoms. The van der Waals surface area contributed by atoms with Crippen molar-refractivity contribution < 1.29 is 13.2 Å². The lowest BCUT2D eigenvalue weighted by Crippen LogP contribution is -2.37. The van der Waals surface area contributed by atoms with Gasteiger partial charge in [-0.1, -0.05) is 13.0 Å². The van der Waals surface area contributed by atoms with Gasteiger partial charge in [0.25, 0.3) is 0 Å². The van der Waals surface area contributed by atoms with Crippen LogP contribution in [0.3, 0.4) is 0 Å². The SMILES string of the molecule is C=CCCC(=O)Nc1ccc(S(=O)(=O)N2CCC(C)CC2)cc1. The second-order valence-electron chi connectivity index (χ2n) is 5.99. The normalized spacial score (nSPS) is 16.9. The third-order valence-electron chi connectivity index (χ3n) is 4.09. The van der Waals surface area contributed by atoms with E-state index < -0.39 is 10.0 Å². The molecule has 1 aliphatic heterocycles. The van der Waals surface area contributed by atoms with Crippen molar-refractivity contribution in [3.63, 3.8) is 0 Å². The number of carbonyl (C=O) groups is 1. The molecule has 1 saturated heterocycles. The van der Waals surface area contributed by atoms with Crippen molar-refractivity contribution in [2.45, 2.75) is 37.5 Å². The molecule has 1 N–H and O–H groups in total. The fourth-order valence-corrected chi connectivity index (χ4v) is 4.01. The number of carbonyl (C=O) groups excluding carboxylic acids is 1. The molecule has 2 rings (SSSR count). The highest BCUT2D eigenvalue weighted by atomic mass is 32.2. The zero-order valence-electron chi connectivity index (χ0n) is 13.5. The van der Waals surface area contributed by atoms with Gasteiger partial charge >= 0.3 is 0 Å². The molecule has 126 valence electrons. The zero-order valence-corrected chi connectivity index (χ0v) is 14.3. The second kappa shape index (κ2) is 7.75. The van der Waals surface area contributed by atoms with Gasteiger partial charge in [-0.15, -0.1) is 6.58 Å². The maximum Gasteiger partial charge on any atom is 0.243 e. The van der Waals surface area contributed by atoms with E-state index in [1.54, 1.807) is 34.6 Å². The van der Waals surface area contributed by atoms with Gasteiger partial charge in [-0.2, -0.15) is 4.31 Å². The maximum atomic E-state index is 12.6. The van der Waals surface area contributed by atoms with Crippen LogP contribution in [0.25, 0.3) is 0 Å². The summed E-state index contributed by atoms with van der Waals surface area (Å²) in [5, 5.41) is 2.75. The summed E-state index contributed by atoms with van der Waals surface area (Å²) in [6, 6.07) is 6.36. The van der Waals surface area contributed by atoms with E-state index in [4.69, 9.17) is 0 Å². The minimum atomic E-state index is -3.44. The molecule has 0 bridgehead atoms. The van der Waals surface area contributed by atoms with Gasteiger partial charge in [-0.3, -0.25) is 4.79 Å². The molecular formula is C17H24N2O3S. The van der Waals surface area contributed by atoms with Crippen molar-refractivity contribution in [3.8, 4) is 0 Å². The number of anilines is 1. The van der Waals surface area contributed by atoms with Crippen LogP contribution >= 0.6 is 0 Å². The van der Waals surface area contributed by atoms with Gasteiger partial charge in [0.2, 0.25) is 15.9 Å².